The van der Waals surface area contributed by atoms with Gasteiger partial charge in [0.2, 0.25) is 0 Å². The summed E-state index contributed by atoms with van der Waals surface area (Å²) in [6.07, 6.45) is 2.07. The van der Waals surface area contributed by atoms with Crippen LogP contribution < -0.4 is 9.84 Å². The summed E-state index contributed by atoms with van der Waals surface area (Å²) in [6, 6.07) is 17.0. The monoisotopic (exact) mass is 389 g/mol. The van der Waals surface area contributed by atoms with Crippen molar-refractivity contribution in [3.8, 4) is 11.5 Å². The molecule has 0 aromatic heterocycles. The van der Waals surface area contributed by atoms with E-state index in [4.69, 9.17) is 27.9 Å². The first-order valence-corrected chi connectivity index (χ1v) is 9.09. The highest BCUT2D eigenvalue weighted by Crippen LogP contribution is 2.71. The molecule has 2 unspecified atom stereocenters. The minimum atomic E-state index is -1.10. The zero-order valence-electron chi connectivity index (χ0n) is 14.5. The van der Waals surface area contributed by atoms with Gasteiger partial charge in [-0.05, 0) is 41.7 Å². The van der Waals surface area contributed by atoms with Crippen molar-refractivity contribution in [1.82, 2.24) is 0 Å². The predicted molar refractivity (Wildman–Crippen MR) is 101 cm³/mol. The molecule has 1 fully saturated rings. The number of para-hydroxylation sites is 2. The number of hydrogen-bond acceptors (Lipinski definition) is 3. The van der Waals surface area contributed by atoms with Crippen molar-refractivity contribution in [2.24, 2.45) is 16.7 Å². The molecule has 0 aliphatic heterocycles. The Morgan fingerprint density at radius 3 is 2.31 bits per heavy atom. The highest BCUT2D eigenvalue weighted by molar-refractivity contribution is 6.55. The standard InChI is InChI=1S/C21H20Cl2O3/c1-20(2)18(19(24)25)21(20,13-17(22)23)12-14-8-6-7-11-16(14)26-15-9-4-3-5-10-15/h3-11,13,18H,12H2,1-2H3,(H,24,25)/p-1. The normalized spacial score (nSPS) is 23.2. The minimum absolute atomic E-state index is 0.0586. The molecule has 1 saturated carbocycles. The molecule has 3 nitrogen and oxygen atoms in total. The molecule has 1 aliphatic carbocycles. The number of carbonyl (C=O) groups excluding carboxylic acids is 1. The van der Waals surface area contributed by atoms with Crippen molar-refractivity contribution in [2.45, 2.75) is 20.3 Å². The Balaban J connectivity index is 1.97. The molecule has 0 saturated heterocycles. The van der Waals surface area contributed by atoms with Gasteiger partial charge in [-0.15, -0.1) is 0 Å². The maximum absolute atomic E-state index is 11.7. The summed E-state index contributed by atoms with van der Waals surface area (Å²) in [5.74, 6) is -0.377. The smallest absolute Gasteiger partial charge is 0.130 e. The maximum atomic E-state index is 11.7. The maximum Gasteiger partial charge on any atom is 0.130 e. The van der Waals surface area contributed by atoms with Gasteiger partial charge >= 0.3 is 0 Å². The summed E-state index contributed by atoms with van der Waals surface area (Å²) in [4.78, 5) is 11.7. The second kappa shape index (κ2) is 6.98. The lowest BCUT2D eigenvalue weighted by Crippen LogP contribution is -2.28. The van der Waals surface area contributed by atoms with Crippen LogP contribution in [-0.4, -0.2) is 5.97 Å². The van der Waals surface area contributed by atoms with E-state index >= 15 is 0 Å². The molecule has 0 heterocycles. The number of carboxylic acid groups (broad SMARTS) is 1. The van der Waals surface area contributed by atoms with E-state index in [2.05, 4.69) is 0 Å². The van der Waals surface area contributed by atoms with Crippen LogP contribution in [0.3, 0.4) is 0 Å². The third-order valence-electron chi connectivity index (χ3n) is 5.38. The fraction of sp³-hybridized carbons (Fsp3) is 0.286. The van der Waals surface area contributed by atoms with Gasteiger partial charge in [0, 0.05) is 17.3 Å². The molecule has 2 aromatic carbocycles. The number of benzene rings is 2. The van der Waals surface area contributed by atoms with E-state index in [0.29, 0.717) is 17.9 Å². The summed E-state index contributed by atoms with van der Waals surface area (Å²) in [7, 11) is 0. The van der Waals surface area contributed by atoms with Crippen molar-refractivity contribution >= 4 is 29.2 Å². The third-order valence-corrected chi connectivity index (χ3v) is 5.60. The molecular weight excluding hydrogens is 371 g/mol. The zero-order valence-corrected chi connectivity index (χ0v) is 16.1. The van der Waals surface area contributed by atoms with Crippen LogP contribution in [0.25, 0.3) is 0 Å². The van der Waals surface area contributed by atoms with Crippen LogP contribution in [0, 0.1) is 16.7 Å². The molecule has 3 rings (SSSR count). The van der Waals surface area contributed by atoms with Gasteiger partial charge in [-0.3, -0.25) is 0 Å². The van der Waals surface area contributed by atoms with Crippen LogP contribution >= 0.6 is 23.2 Å². The number of aliphatic carboxylic acids is 1. The fourth-order valence-electron chi connectivity index (χ4n) is 3.92. The van der Waals surface area contributed by atoms with E-state index in [1.54, 1.807) is 6.08 Å². The summed E-state index contributed by atoms with van der Waals surface area (Å²) in [5.41, 5.74) is -0.360. The van der Waals surface area contributed by atoms with E-state index in [0.717, 1.165) is 5.56 Å². The first-order chi connectivity index (χ1) is 12.3. The van der Waals surface area contributed by atoms with Crippen LogP contribution in [0.15, 0.2) is 65.2 Å². The number of carbonyl (C=O) groups is 1. The summed E-state index contributed by atoms with van der Waals surface area (Å²) < 4.78 is 6.06. The van der Waals surface area contributed by atoms with Gasteiger partial charge in [0.05, 0.1) is 0 Å². The van der Waals surface area contributed by atoms with Crippen LogP contribution in [0.5, 0.6) is 11.5 Å². The zero-order chi connectivity index (χ0) is 18.9. The molecule has 0 spiro atoms. The van der Waals surface area contributed by atoms with Gasteiger partial charge in [-0.2, -0.15) is 0 Å². The average Bonchev–Trinajstić information content (AvgIpc) is 3.03. The Morgan fingerprint density at radius 1 is 1.12 bits per heavy atom. The summed E-state index contributed by atoms with van der Waals surface area (Å²) >= 11 is 11.8. The first kappa shape index (κ1) is 18.8. The van der Waals surface area contributed by atoms with Crippen molar-refractivity contribution in [3.05, 3.63) is 70.7 Å². The second-order valence-corrected chi connectivity index (χ2v) is 8.16. The lowest BCUT2D eigenvalue weighted by Gasteiger charge is -2.19. The number of hydrogen-bond donors (Lipinski definition) is 0. The Morgan fingerprint density at radius 2 is 1.73 bits per heavy atom. The Labute approximate surface area is 163 Å². The number of carboxylic acids is 1. The van der Waals surface area contributed by atoms with Crippen molar-refractivity contribution in [2.75, 3.05) is 0 Å². The lowest BCUT2D eigenvalue weighted by atomic mass is 9.88. The molecular formula is C21H19Cl2O3-. The highest BCUT2D eigenvalue weighted by atomic mass is 35.5. The number of halogens is 2. The molecule has 136 valence electrons. The fourth-order valence-corrected chi connectivity index (χ4v) is 4.31. The van der Waals surface area contributed by atoms with E-state index in [9.17, 15) is 9.90 Å². The van der Waals surface area contributed by atoms with E-state index in [1.165, 1.54) is 0 Å². The lowest BCUT2D eigenvalue weighted by molar-refractivity contribution is -0.309. The van der Waals surface area contributed by atoms with E-state index < -0.39 is 22.7 Å². The molecule has 0 radical (unpaired) electrons. The topological polar surface area (TPSA) is 49.4 Å². The quantitative estimate of drug-likeness (QED) is 0.716. The van der Waals surface area contributed by atoms with Crippen LogP contribution in [0.4, 0.5) is 0 Å². The van der Waals surface area contributed by atoms with Crippen LogP contribution in [0.1, 0.15) is 19.4 Å². The highest BCUT2D eigenvalue weighted by Gasteiger charge is 2.70. The molecule has 5 heteroatoms. The van der Waals surface area contributed by atoms with Gasteiger partial charge in [0.1, 0.15) is 16.0 Å². The van der Waals surface area contributed by atoms with Gasteiger partial charge in [0.15, 0.2) is 0 Å². The van der Waals surface area contributed by atoms with Crippen LogP contribution in [-0.2, 0) is 11.2 Å². The second-order valence-electron chi connectivity index (χ2n) is 7.15. The molecule has 0 N–H and O–H groups in total. The Hall–Kier alpha value is -1.97. The number of rotatable bonds is 6. The Bertz CT molecular complexity index is 841. The molecule has 1 aliphatic rings. The van der Waals surface area contributed by atoms with Gasteiger partial charge in [-0.25, -0.2) is 0 Å². The predicted octanol–water partition coefficient (Wildman–Crippen LogP) is 4.73. The van der Waals surface area contributed by atoms with Crippen molar-refractivity contribution < 1.29 is 14.6 Å². The molecule has 0 amide bonds. The molecule has 0 bridgehead atoms. The first-order valence-electron chi connectivity index (χ1n) is 8.33. The Kier molecular flexibility index (Phi) is 5.05. The minimum Gasteiger partial charge on any atom is -0.550 e. The summed E-state index contributed by atoms with van der Waals surface area (Å²) in [5, 5.41) is 11.7. The summed E-state index contributed by atoms with van der Waals surface area (Å²) in [6.45, 7) is 3.78. The largest absolute Gasteiger partial charge is 0.550 e. The van der Waals surface area contributed by atoms with Gasteiger partial charge < -0.3 is 14.6 Å². The molecule has 2 atom stereocenters. The van der Waals surface area contributed by atoms with Crippen molar-refractivity contribution in [1.29, 1.82) is 0 Å². The third kappa shape index (κ3) is 3.34. The van der Waals surface area contributed by atoms with E-state index in [1.807, 2.05) is 68.4 Å². The average molecular weight is 390 g/mol. The van der Waals surface area contributed by atoms with E-state index in [-0.39, 0.29) is 4.49 Å². The van der Waals surface area contributed by atoms with Crippen molar-refractivity contribution in [3.63, 3.8) is 0 Å². The van der Waals surface area contributed by atoms with Gasteiger partial charge in [0.25, 0.3) is 0 Å². The molecule has 26 heavy (non-hydrogen) atoms. The number of ether oxygens (including phenoxy) is 1. The number of allylic oxidation sites excluding steroid dienone is 1. The van der Waals surface area contributed by atoms with Crippen LogP contribution in [0.2, 0.25) is 0 Å². The molecule has 2 aromatic rings. The SMILES string of the molecule is CC1(C)C(C(=O)[O-])C1(C=C(Cl)Cl)Cc1ccccc1Oc1ccccc1. The van der Waals surface area contributed by atoms with Gasteiger partial charge in [-0.1, -0.05) is 73.4 Å².